The molecule has 1 heterocycles. The van der Waals surface area contributed by atoms with Crippen LogP contribution in [0.4, 0.5) is 0 Å². The zero-order chi connectivity index (χ0) is 42.7. The van der Waals surface area contributed by atoms with Crippen LogP contribution in [0.15, 0.2) is 60.8 Å². The average molecular weight is 841 g/mol. The number of ether oxygens (including phenoxy) is 4. The Labute approximate surface area is 349 Å². The van der Waals surface area contributed by atoms with E-state index >= 15 is 0 Å². The van der Waals surface area contributed by atoms with Crippen LogP contribution < -0.4 is 0 Å². The van der Waals surface area contributed by atoms with E-state index in [1.54, 1.807) is 0 Å². The summed E-state index contributed by atoms with van der Waals surface area (Å²) in [5, 5.41) is 30.8. The Balaban J connectivity index is 2.52. The summed E-state index contributed by atoms with van der Waals surface area (Å²) in [5.41, 5.74) is 0. The molecule has 12 nitrogen and oxygen atoms in total. The molecule has 1 aliphatic rings. The number of aliphatic hydroxyl groups is 3. The minimum Gasteiger partial charge on any atom is -0.462 e. The van der Waals surface area contributed by atoms with Crippen LogP contribution in [0.2, 0.25) is 0 Å². The highest BCUT2D eigenvalue weighted by Crippen LogP contribution is 2.24. The summed E-state index contributed by atoms with van der Waals surface area (Å²) >= 11 is 0. The molecule has 0 amide bonds. The molecule has 0 radical (unpaired) electrons. The van der Waals surface area contributed by atoms with Crippen molar-refractivity contribution in [1.29, 1.82) is 0 Å². The van der Waals surface area contributed by atoms with E-state index in [2.05, 4.69) is 74.6 Å². The molecule has 1 fully saturated rings. The average Bonchev–Trinajstić information content (AvgIpc) is 3.18. The maximum atomic E-state index is 12.8. The fourth-order valence-corrected chi connectivity index (χ4v) is 6.88. The molecule has 1 rings (SSSR count). The molecule has 334 valence electrons. The largest absolute Gasteiger partial charge is 0.462 e. The van der Waals surface area contributed by atoms with Gasteiger partial charge in [0.05, 0.1) is 6.61 Å². The number of rotatable bonds is 35. The third-order valence-electron chi connectivity index (χ3n) is 9.58. The number of aliphatic hydroxyl groups excluding tert-OH is 3. The van der Waals surface area contributed by atoms with E-state index in [0.29, 0.717) is 12.8 Å². The molecule has 6 atom stereocenters. The molecule has 2 unspecified atom stereocenters. The van der Waals surface area contributed by atoms with Gasteiger partial charge >= 0.3 is 11.9 Å². The number of carbonyl (C=O) groups excluding carboxylic acids is 2. The van der Waals surface area contributed by atoms with Crippen LogP contribution in [0, 0.1) is 0 Å². The Morgan fingerprint density at radius 3 is 1.64 bits per heavy atom. The van der Waals surface area contributed by atoms with Crippen molar-refractivity contribution in [3.05, 3.63) is 60.8 Å². The SMILES string of the molecule is CC/C=C/C/C=C/C/C=C/C/C=C/CCCCC(=O)O[C@H](COC(=O)CCCC/C=C/CCCCCCCCCCC)CO[C@H]1O[C@H](CS(=O)(=O)O)[C@@H](O)C(O)C1O. The first kappa shape index (κ1) is 53.4. The summed E-state index contributed by atoms with van der Waals surface area (Å²) < 4.78 is 53.9. The summed E-state index contributed by atoms with van der Waals surface area (Å²) in [7, 11) is -4.61. The van der Waals surface area contributed by atoms with E-state index in [9.17, 15) is 37.9 Å². The zero-order valence-electron chi connectivity index (χ0n) is 35.4. The number of hydrogen-bond acceptors (Lipinski definition) is 11. The van der Waals surface area contributed by atoms with Gasteiger partial charge in [-0.25, -0.2) is 0 Å². The topological polar surface area (TPSA) is 186 Å². The summed E-state index contributed by atoms with van der Waals surface area (Å²) in [6, 6.07) is 0. The van der Waals surface area contributed by atoms with Crippen molar-refractivity contribution < 1.29 is 56.8 Å². The number of unbranched alkanes of at least 4 members (excludes halogenated alkanes) is 13. The lowest BCUT2D eigenvalue weighted by Crippen LogP contribution is -2.60. The van der Waals surface area contributed by atoms with E-state index in [1.807, 2.05) is 0 Å². The Kier molecular flexibility index (Phi) is 32.3. The van der Waals surface area contributed by atoms with Crippen molar-refractivity contribution >= 4 is 22.1 Å². The van der Waals surface area contributed by atoms with Gasteiger partial charge in [0.15, 0.2) is 12.4 Å². The second kappa shape index (κ2) is 35.1. The van der Waals surface area contributed by atoms with Crippen LogP contribution in [-0.4, -0.2) is 96.0 Å². The third kappa shape index (κ3) is 29.5. The van der Waals surface area contributed by atoms with Crippen molar-refractivity contribution in [3.63, 3.8) is 0 Å². The maximum Gasteiger partial charge on any atom is 0.306 e. The lowest BCUT2D eigenvalue weighted by molar-refractivity contribution is -0.297. The number of allylic oxidation sites excluding steroid dienone is 10. The lowest BCUT2D eigenvalue weighted by Gasteiger charge is -2.40. The molecule has 0 aliphatic carbocycles. The van der Waals surface area contributed by atoms with Gasteiger partial charge in [0, 0.05) is 12.8 Å². The van der Waals surface area contributed by atoms with Gasteiger partial charge in [-0.05, 0) is 77.0 Å². The van der Waals surface area contributed by atoms with Crippen molar-refractivity contribution in [3.8, 4) is 0 Å². The number of esters is 2. The van der Waals surface area contributed by atoms with E-state index in [-0.39, 0.29) is 19.4 Å². The van der Waals surface area contributed by atoms with Crippen LogP contribution in [-0.2, 0) is 38.7 Å². The van der Waals surface area contributed by atoms with E-state index in [1.165, 1.54) is 57.8 Å². The summed E-state index contributed by atoms with van der Waals surface area (Å²) in [4.78, 5) is 25.3. The molecule has 0 aromatic heterocycles. The highest BCUT2D eigenvalue weighted by molar-refractivity contribution is 7.85. The lowest BCUT2D eigenvalue weighted by atomic mass is 10.00. The Morgan fingerprint density at radius 1 is 0.603 bits per heavy atom. The Hall–Kier alpha value is -2.65. The summed E-state index contributed by atoms with van der Waals surface area (Å²) in [6.07, 6.45) is 32.8. The van der Waals surface area contributed by atoms with Crippen molar-refractivity contribution in [1.82, 2.24) is 0 Å². The minimum absolute atomic E-state index is 0.106. The van der Waals surface area contributed by atoms with Gasteiger partial charge in [-0.2, -0.15) is 8.42 Å². The smallest absolute Gasteiger partial charge is 0.306 e. The van der Waals surface area contributed by atoms with Crippen LogP contribution in [0.3, 0.4) is 0 Å². The molecule has 0 saturated carbocycles. The first-order valence-corrected chi connectivity index (χ1v) is 23.5. The number of hydrogen-bond donors (Lipinski definition) is 4. The predicted octanol–water partition coefficient (Wildman–Crippen LogP) is 8.56. The van der Waals surface area contributed by atoms with Crippen LogP contribution in [0.5, 0.6) is 0 Å². The van der Waals surface area contributed by atoms with Crippen molar-refractivity contribution in [2.24, 2.45) is 0 Å². The highest BCUT2D eigenvalue weighted by atomic mass is 32.2. The highest BCUT2D eigenvalue weighted by Gasteiger charge is 2.46. The van der Waals surface area contributed by atoms with Crippen LogP contribution in [0.25, 0.3) is 0 Å². The van der Waals surface area contributed by atoms with E-state index < -0.39 is 71.2 Å². The fraction of sp³-hybridized carbons (Fsp3) is 0.733. The molecule has 0 aromatic rings. The second-order valence-corrected chi connectivity index (χ2v) is 16.5. The fourth-order valence-electron chi connectivity index (χ4n) is 6.19. The van der Waals surface area contributed by atoms with Gasteiger partial charge < -0.3 is 34.3 Å². The van der Waals surface area contributed by atoms with Crippen molar-refractivity contribution in [2.75, 3.05) is 19.0 Å². The normalized spacial score (nSPS) is 21.0. The molecular weight excluding hydrogens is 765 g/mol. The summed E-state index contributed by atoms with van der Waals surface area (Å²) in [5.74, 6) is -2.07. The zero-order valence-corrected chi connectivity index (χ0v) is 36.2. The van der Waals surface area contributed by atoms with Crippen LogP contribution >= 0.6 is 0 Å². The molecule has 0 bridgehead atoms. The summed E-state index contributed by atoms with van der Waals surface area (Å²) in [6.45, 7) is 3.58. The second-order valence-electron chi connectivity index (χ2n) is 15.0. The van der Waals surface area contributed by atoms with Gasteiger partial charge in [-0.15, -0.1) is 0 Å². The van der Waals surface area contributed by atoms with E-state index in [4.69, 9.17) is 18.9 Å². The van der Waals surface area contributed by atoms with Gasteiger partial charge in [-0.1, -0.05) is 126 Å². The first-order valence-electron chi connectivity index (χ1n) is 21.8. The molecule has 0 spiro atoms. The standard InChI is InChI=1S/C45H76O12S/c1-3-5-7-9-11-13-15-17-19-21-23-25-27-29-31-33-40(46)54-35-38(36-55-45-44(50)43(49)42(48)39(57-45)37-58(51,52)53)56-41(47)34-32-30-28-26-24-22-20-18-16-14-12-10-8-6-4-2/h6,8,12,14,18,20,23-26,38-39,42-45,48-50H,3-5,7,9-11,13,15-17,19,21-22,27-37H2,1-2H3,(H,51,52,53)/b8-6+,14-12+,20-18+,25-23+,26-24+/t38-,39-,42-,43?,44?,45+/m1/s1. The molecule has 58 heavy (non-hydrogen) atoms. The van der Waals surface area contributed by atoms with Crippen LogP contribution in [0.1, 0.15) is 155 Å². The number of carbonyl (C=O) groups is 2. The molecule has 1 aliphatic heterocycles. The molecule has 1 saturated heterocycles. The van der Waals surface area contributed by atoms with E-state index in [0.717, 1.165) is 57.8 Å². The first-order chi connectivity index (χ1) is 28.0. The third-order valence-corrected chi connectivity index (χ3v) is 10.3. The monoisotopic (exact) mass is 841 g/mol. The van der Waals surface area contributed by atoms with Gasteiger partial charge in [-0.3, -0.25) is 14.1 Å². The minimum atomic E-state index is -4.61. The predicted molar refractivity (Wildman–Crippen MR) is 229 cm³/mol. The van der Waals surface area contributed by atoms with Gasteiger partial charge in [0.25, 0.3) is 10.1 Å². The van der Waals surface area contributed by atoms with Crippen molar-refractivity contribution in [2.45, 2.75) is 192 Å². The molecule has 4 N–H and O–H groups in total. The maximum absolute atomic E-state index is 12.8. The quantitative estimate of drug-likeness (QED) is 0.0207. The molecule has 0 aromatic carbocycles. The Morgan fingerprint density at radius 2 is 1.09 bits per heavy atom. The Bertz CT molecular complexity index is 1310. The molecular formula is C45H76O12S. The molecule has 13 heteroatoms. The van der Waals surface area contributed by atoms with Gasteiger partial charge in [0.2, 0.25) is 0 Å². The van der Waals surface area contributed by atoms with Gasteiger partial charge in [0.1, 0.15) is 36.8 Å².